The number of fused-ring (bicyclic) bond motifs is 1. The largest absolute Gasteiger partial charge is 0.394 e. The van der Waals surface area contributed by atoms with Gasteiger partial charge >= 0.3 is 0 Å². The number of aliphatic hydroxyl groups excluding tert-OH is 1. The Morgan fingerprint density at radius 3 is 2.83 bits per heavy atom. The topological polar surface area (TPSA) is 136 Å². The number of rotatable bonds is 6. The van der Waals surface area contributed by atoms with Crippen molar-refractivity contribution in [2.24, 2.45) is 7.05 Å². The minimum atomic E-state index is -0.322. The molecule has 1 unspecified atom stereocenters. The molecule has 1 amide bonds. The van der Waals surface area contributed by atoms with E-state index in [9.17, 15) is 9.90 Å². The highest BCUT2D eigenvalue weighted by Crippen LogP contribution is 2.25. The second-order valence-corrected chi connectivity index (χ2v) is 8.36. The van der Waals surface area contributed by atoms with Gasteiger partial charge in [0.25, 0.3) is 5.91 Å². The van der Waals surface area contributed by atoms with E-state index in [4.69, 9.17) is 10.4 Å². The maximum Gasteiger partial charge on any atom is 0.270 e. The molecule has 1 atom stereocenters. The Morgan fingerprint density at radius 2 is 2.11 bits per heavy atom. The van der Waals surface area contributed by atoms with Crippen molar-refractivity contribution in [2.75, 3.05) is 31.1 Å². The van der Waals surface area contributed by atoms with Crippen molar-refractivity contribution in [1.29, 1.82) is 5.26 Å². The molecule has 0 saturated carbocycles. The normalized spacial score (nSPS) is 15.8. The number of anilines is 1. The molecule has 35 heavy (non-hydrogen) atoms. The maximum absolute atomic E-state index is 13.1. The molecule has 5 rings (SSSR count). The number of carbonyl (C=O) groups excluding carboxylic acids is 1. The number of carbonyl (C=O) groups is 1. The van der Waals surface area contributed by atoms with Gasteiger partial charge in [-0.05, 0) is 23.8 Å². The highest BCUT2D eigenvalue weighted by atomic mass is 16.3. The van der Waals surface area contributed by atoms with Gasteiger partial charge in [-0.25, -0.2) is 4.98 Å². The zero-order chi connectivity index (χ0) is 24.4. The van der Waals surface area contributed by atoms with Crippen molar-refractivity contribution >= 4 is 17.4 Å². The first kappa shape index (κ1) is 22.5. The Bertz CT molecular complexity index is 1400. The number of nitrogens with zero attached hydrogens (tertiary/aromatic N) is 7. The minimum Gasteiger partial charge on any atom is -0.394 e. The lowest BCUT2D eigenvalue weighted by molar-refractivity contribution is 0.0946. The molecule has 4 heterocycles. The molecule has 3 N–H and O–H groups in total. The van der Waals surface area contributed by atoms with Crippen LogP contribution in [-0.4, -0.2) is 67.7 Å². The second kappa shape index (κ2) is 9.54. The molecule has 0 bridgehead atoms. The predicted molar refractivity (Wildman–Crippen MR) is 129 cm³/mol. The average molecular weight is 472 g/mol. The van der Waals surface area contributed by atoms with E-state index in [1.165, 1.54) is 0 Å². The fraction of sp³-hybridized carbons (Fsp3) is 0.292. The van der Waals surface area contributed by atoms with E-state index in [1.54, 1.807) is 33.6 Å². The summed E-state index contributed by atoms with van der Waals surface area (Å²) in [4.78, 5) is 19.8. The van der Waals surface area contributed by atoms with Crippen molar-refractivity contribution in [3.63, 3.8) is 0 Å². The van der Waals surface area contributed by atoms with Gasteiger partial charge in [0.2, 0.25) is 0 Å². The molecule has 178 valence electrons. The molecular weight excluding hydrogens is 446 g/mol. The molecule has 0 radical (unpaired) electrons. The van der Waals surface area contributed by atoms with Crippen molar-refractivity contribution in [1.82, 2.24) is 35.0 Å². The van der Waals surface area contributed by atoms with Crippen LogP contribution < -0.4 is 15.5 Å². The third kappa shape index (κ3) is 4.44. The molecular formula is C24H25N9O2. The van der Waals surface area contributed by atoms with Gasteiger partial charge in [0.1, 0.15) is 17.2 Å². The summed E-state index contributed by atoms with van der Waals surface area (Å²) in [6.45, 7) is 2.29. The van der Waals surface area contributed by atoms with Crippen molar-refractivity contribution < 1.29 is 9.90 Å². The Kier molecular flexibility index (Phi) is 6.13. The van der Waals surface area contributed by atoms with Crippen LogP contribution in [-0.2, 0) is 13.6 Å². The molecule has 1 saturated heterocycles. The number of aryl methyl sites for hydroxylation is 1. The fourth-order valence-electron chi connectivity index (χ4n) is 4.23. The lowest BCUT2D eigenvalue weighted by Crippen LogP contribution is -2.53. The highest BCUT2D eigenvalue weighted by molar-refractivity contribution is 5.93. The van der Waals surface area contributed by atoms with Crippen LogP contribution in [0.4, 0.5) is 5.82 Å². The van der Waals surface area contributed by atoms with E-state index in [1.807, 2.05) is 31.3 Å². The SMILES string of the molecule is Cn1nccc1-c1cc2nc(C(=O)NCc3ccc(C#N)cc3)cc(N3CCNCC3CO)n2n1. The fourth-order valence-corrected chi connectivity index (χ4v) is 4.23. The van der Waals surface area contributed by atoms with Gasteiger partial charge in [-0.2, -0.15) is 20.0 Å². The summed E-state index contributed by atoms with van der Waals surface area (Å²) < 4.78 is 3.45. The van der Waals surface area contributed by atoms with Crippen LogP contribution >= 0.6 is 0 Å². The molecule has 1 aliphatic heterocycles. The number of hydrogen-bond acceptors (Lipinski definition) is 8. The van der Waals surface area contributed by atoms with Crippen molar-refractivity contribution in [3.8, 4) is 17.5 Å². The Labute approximate surface area is 201 Å². The summed E-state index contributed by atoms with van der Waals surface area (Å²) in [5.74, 6) is 0.365. The smallest absolute Gasteiger partial charge is 0.270 e. The number of nitriles is 1. The van der Waals surface area contributed by atoms with Gasteiger partial charge in [0, 0.05) is 51.6 Å². The average Bonchev–Trinajstić information content (AvgIpc) is 3.52. The summed E-state index contributed by atoms with van der Waals surface area (Å²) in [6, 6.07) is 14.4. The molecule has 1 aromatic carbocycles. The molecule has 0 aliphatic carbocycles. The van der Waals surface area contributed by atoms with Crippen LogP contribution in [0.25, 0.3) is 17.0 Å². The van der Waals surface area contributed by atoms with Crippen LogP contribution in [0, 0.1) is 11.3 Å². The summed E-state index contributed by atoms with van der Waals surface area (Å²) in [6.07, 6.45) is 1.70. The predicted octanol–water partition coefficient (Wildman–Crippen LogP) is 0.702. The van der Waals surface area contributed by atoms with Crippen LogP contribution in [0.2, 0.25) is 0 Å². The van der Waals surface area contributed by atoms with Gasteiger partial charge in [-0.3, -0.25) is 9.48 Å². The van der Waals surface area contributed by atoms with Gasteiger partial charge < -0.3 is 20.6 Å². The molecule has 1 fully saturated rings. The third-order valence-electron chi connectivity index (χ3n) is 6.12. The lowest BCUT2D eigenvalue weighted by Gasteiger charge is -2.36. The Morgan fingerprint density at radius 1 is 1.29 bits per heavy atom. The monoisotopic (exact) mass is 471 g/mol. The van der Waals surface area contributed by atoms with Gasteiger partial charge in [-0.1, -0.05) is 12.1 Å². The van der Waals surface area contributed by atoms with Crippen LogP contribution in [0.3, 0.4) is 0 Å². The number of amides is 1. The number of nitrogens with one attached hydrogen (secondary N) is 2. The Balaban J connectivity index is 1.51. The van der Waals surface area contributed by atoms with Crippen molar-refractivity contribution in [2.45, 2.75) is 12.6 Å². The zero-order valence-corrected chi connectivity index (χ0v) is 19.2. The third-order valence-corrected chi connectivity index (χ3v) is 6.12. The van der Waals surface area contributed by atoms with Crippen molar-refractivity contribution in [3.05, 3.63) is 65.5 Å². The van der Waals surface area contributed by atoms with Gasteiger partial charge in [0.15, 0.2) is 5.65 Å². The zero-order valence-electron chi connectivity index (χ0n) is 19.2. The van der Waals surface area contributed by atoms with E-state index in [0.717, 1.165) is 17.8 Å². The highest BCUT2D eigenvalue weighted by Gasteiger charge is 2.26. The molecule has 11 nitrogen and oxygen atoms in total. The van der Waals surface area contributed by atoms with E-state index in [2.05, 4.69) is 31.7 Å². The van der Waals surface area contributed by atoms with Gasteiger partial charge in [-0.15, -0.1) is 0 Å². The van der Waals surface area contributed by atoms with E-state index in [-0.39, 0.29) is 24.2 Å². The number of benzene rings is 1. The Hall–Kier alpha value is -4.27. The summed E-state index contributed by atoms with van der Waals surface area (Å²) in [7, 11) is 1.84. The van der Waals surface area contributed by atoms with Gasteiger partial charge in [0.05, 0.1) is 30.0 Å². The number of hydrogen-bond donors (Lipinski definition) is 3. The first-order valence-corrected chi connectivity index (χ1v) is 11.3. The molecule has 0 spiro atoms. The summed E-state index contributed by atoms with van der Waals surface area (Å²) >= 11 is 0. The molecule has 4 aromatic rings. The molecule has 3 aromatic heterocycles. The first-order valence-electron chi connectivity index (χ1n) is 11.3. The first-order chi connectivity index (χ1) is 17.1. The molecule has 11 heteroatoms. The molecule has 1 aliphatic rings. The van der Waals surface area contributed by atoms with E-state index in [0.29, 0.717) is 42.4 Å². The van der Waals surface area contributed by atoms with E-state index >= 15 is 0 Å². The number of aromatic nitrogens is 5. The van der Waals surface area contributed by atoms with E-state index < -0.39 is 0 Å². The summed E-state index contributed by atoms with van der Waals surface area (Å²) in [5.41, 5.74) is 3.74. The lowest BCUT2D eigenvalue weighted by atomic mass is 10.1. The standard InChI is InChI=1S/C24H25N9O2/c1-31-21(6-7-28-31)19-10-22-29-20(24(35)27-13-17-4-2-16(12-25)3-5-17)11-23(33(22)30-19)32-9-8-26-14-18(32)15-34/h2-7,10-11,18,26,34H,8-9,13-15H2,1H3,(H,27,35). The number of piperazine rings is 1. The minimum absolute atomic E-state index is 0.0348. The van der Waals surface area contributed by atoms with Crippen LogP contribution in [0.15, 0.2) is 48.7 Å². The summed E-state index contributed by atoms with van der Waals surface area (Å²) in [5, 5.41) is 34.1. The maximum atomic E-state index is 13.1. The quantitative estimate of drug-likeness (QED) is 0.374. The van der Waals surface area contributed by atoms with Crippen LogP contribution in [0.1, 0.15) is 21.6 Å². The van der Waals surface area contributed by atoms with Crippen LogP contribution in [0.5, 0.6) is 0 Å². The second-order valence-electron chi connectivity index (χ2n) is 8.36. The number of aliphatic hydroxyl groups is 1.